The first-order valence-corrected chi connectivity index (χ1v) is 8.33. The van der Waals surface area contributed by atoms with E-state index >= 15 is 0 Å². The second-order valence-corrected chi connectivity index (χ2v) is 5.71. The maximum atomic E-state index is 2.62. The Morgan fingerprint density at radius 2 is 1.07 bits per heavy atom. The van der Waals surface area contributed by atoms with Crippen LogP contribution in [0.25, 0.3) is 0 Å². The lowest BCUT2D eigenvalue weighted by atomic mass is 9.76. The van der Waals surface area contributed by atoms with Crippen LogP contribution in [0, 0.1) is 5.41 Å². The minimum absolute atomic E-state index is 0.683. The molecule has 0 N–H and O–H groups in total. The average Bonchev–Trinajstić information content (AvgIpc) is 2.29. The lowest BCUT2D eigenvalue weighted by Gasteiger charge is -2.32. The standard InChI is InChI=1S/C14H29I/c1-4-7-10-14(13-15,11-8-5-2)12-9-6-3/h4-13H2,1-3H3. The van der Waals surface area contributed by atoms with E-state index in [0.717, 1.165) is 0 Å². The van der Waals surface area contributed by atoms with Crippen molar-refractivity contribution >= 4 is 22.6 Å². The van der Waals surface area contributed by atoms with E-state index in [1.165, 1.54) is 62.2 Å². The van der Waals surface area contributed by atoms with E-state index in [4.69, 9.17) is 0 Å². The molecule has 0 saturated heterocycles. The largest absolute Gasteiger partial charge is 0.0858 e. The number of hydrogen-bond acceptors (Lipinski definition) is 0. The topological polar surface area (TPSA) is 0 Å². The zero-order valence-electron chi connectivity index (χ0n) is 10.9. The molecular weight excluding hydrogens is 295 g/mol. The van der Waals surface area contributed by atoms with Gasteiger partial charge >= 0.3 is 0 Å². The van der Waals surface area contributed by atoms with Crippen LogP contribution < -0.4 is 0 Å². The maximum absolute atomic E-state index is 2.62. The number of unbranched alkanes of at least 4 members (excludes halogenated alkanes) is 3. The van der Waals surface area contributed by atoms with Crippen molar-refractivity contribution in [3.05, 3.63) is 0 Å². The molecule has 0 nitrogen and oxygen atoms in total. The fourth-order valence-corrected chi connectivity index (χ4v) is 3.37. The van der Waals surface area contributed by atoms with Crippen molar-refractivity contribution in [1.29, 1.82) is 0 Å². The summed E-state index contributed by atoms with van der Waals surface area (Å²) in [5.74, 6) is 0. The van der Waals surface area contributed by atoms with E-state index in [1.807, 2.05) is 0 Å². The van der Waals surface area contributed by atoms with Gasteiger partial charge in [-0.15, -0.1) is 0 Å². The number of halogens is 1. The first-order chi connectivity index (χ1) is 7.24. The van der Waals surface area contributed by atoms with Crippen LogP contribution in [0.15, 0.2) is 0 Å². The molecule has 0 radical (unpaired) electrons. The molecule has 1 heteroatoms. The van der Waals surface area contributed by atoms with Crippen molar-refractivity contribution in [2.75, 3.05) is 4.43 Å². The van der Waals surface area contributed by atoms with Gasteiger partial charge in [0, 0.05) is 4.43 Å². The van der Waals surface area contributed by atoms with Crippen molar-refractivity contribution in [2.45, 2.75) is 78.6 Å². The van der Waals surface area contributed by atoms with Crippen LogP contribution >= 0.6 is 22.6 Å². The lowest BCUT2D eigenvalue weighted by molar-refractivity contribution is 0.240. The Morgan fingerprint density at radius 3 is 1.27 bits per heavy atom. The second kappa shape index (κ2) is 9.92. The van der Waals surface area contributed by atoms with E-state index in [9.17, 15) is 0 Å². The van der Waals surface area contributed by atoms with E-state index in [1.54, 1.807) is 0 Å². The van der Waals surface area contributed by atoms with Crippen molar-refractivity contribution in [2.24, 2.45) is 5.41 Å². The van der Waals surface area contributed by atoms with Gasteiger partial charge in [-0.05, 0) is 24.7 Å². The van der Waals surface area contributed by atoms with Gasteiger partial charge in [-0.3, -0.25) is 0 Å². The van der Waals surface area contributed by atoms with Crippen LogP contribution in [0.5, 0.6) is 0 Å². The summed E-state index contributed by atoms with van der Waals surface area (Å²) < 4.78 is 1.37. The SMILES string of the molecule is CCCCC(CI)(CCCC)CCCC. The molecule has 0 aliphatic carbocycles. The van der Waals surface area contributed by atoms with Crippen LogP contribution in [0.1, 0.15) is 78.6 Å². The minimum Gasteiger partial charge on any atom is -0.0858 e. The van der Waals surface area contributed by atoms with E-state index in [0.29, 0.717) is 5.41 Å². The van der Waals surface area contributed by atoms with Crippen molar-refractivity contribution in [1.82, 2.24) is 0 Å². The number of alkyl halides is 1. The molecule has 0 atom stereocenters. The normalized spacial score (nSPS) is 12.0. The molecule has 0 aliphatic rings. The number of rotatable bonds is 10. The van der Waals surface area contributed by atoms with Gasteiger partial charge < -0.3 is 0 Å². The molecule has 0 heterocycles. The molecule has 92 valence electrons. The molecule has 0 aliphatic heterocycles. The van der Waals surface area contributed by atoms with Gasteiger partial charge in [0.05, 0.1) is 0 Å². The Bertz CT molecular complexity index is 110. The van der Waals surface area contributed by atoms with Crippen LogP contribution in [-0.2, 0) is 0 Å². The van der Waals surface area contributed by atoms with Crippen LogP contribution in [-0.4, -0.2) is 4.43 Å². The third-order valence-corrected chi connectivity index (χ3v) is 5.08. The summed E-state index contributed by atoms with van der Waals surface area (Å²) >= 11 is 2.62. The smallest absolute Gasteiger partial charge is 0.00520 e. The van der Waals surface area contributed by atoms with E-state index in [-0.39, 0.29) is 0 Å². The van der Waals surface area contributed by atoms with Crippen molar-refractivity contribution < 1.29 is 0 Å². The highest BCUT2D eigenvalue weighted by Gasteiger charge is 2.26. The minimum atomic E-state index is 0.683. The molecule has 0 rings (SSSR count). The van der Waals surface area contributed by atoms with Crippen LogP contribution in [0.3, 0.4) is 0 Å². The van der Waals surface area contributed by atoms with Gasteiger partial charge in [0.2, 0.25) is 0 Å². The van der Waals surface area contributed by atoms with E-state index < -0.39 is 0 Å². The highest BCUT2D eigenvalue weighted by atomic mass is 127. The molecule has 0 amide bonds. The molecule has 0 spiro atoms. The Labute approximate surface area is 111 Å². The van der Waals surface area contributed by atoms with Gasteiger partial charge in [-0.2, -0.15) is 0 Å². The van der Waals surface area contributed by atoms with Gasteiger partial charge in [-0.25, -0.2) is 0 Å². The highest BCUT2D eigenvalue weighted by Crippen LogP contribution is 2.38. The molecule has 0 aromatic heterocycles. The molecule has 15 heavy (non-hydrogen) atoms. The fraction of sp³-hybridized carbons (Fsp3) is 1.00. The Morgan fingerprint density at radius 1 is 0.733 bits per heavy atom. The van der Waals surface area contributed by atoms with Crippen molar-refractivity contribution in [3.8, 4) is 0 Å². The molecular formula is C14H29I. The predicted molar refractivity (Wildman–Crippen MR) is 79.9 cm³/mol. The average molecular weight is 324 g/mol. The van der Waals surface area contributed by atoms with Crippen LogP contribution in [0.2, 0.25) is 0 Å². The molecule has 0 bridgehead atoms. The molecule has 0 aromatic rings. The molecule has 0 fully saturated rings. The van der Waals surface area contributed by atoms with Crippen molar-refractivity contribution in [3.63, 3.8) is 0 Å². The summed E-state index contributed by atoms with van der Waals surface area (Å²) in [6.45, 7) is 6.95. The number of hydrogen-bond donors (Lipinski definition) is 0. The Balaban J connectivity index is 4.16. The van der Waals surface area contributed by atoms with Gasteiger partial charge in [0.25, 0.3) is 0 Å². The maximum Gasteiger partial charge on any atom is 0.00520 e. The van der Waals surface area contributed by atoms with E-state index in [2.05, 4.69) is 43.4 Å². The first-order valence-electron chi connectivity index (χ1n) is 6.80. The third kappa shape index (κ3) is 6.80. The van der Waals surface area contributed by atoms with Crippen LogP contribution in [0.4, 0.5) is 0 Å². The third-order valence-electron chi connectivity index (χ3n) is 3.47. The summed E-state index contributed by atoms with van der Waals surface area (Å²) in [6, 6.07) is 0. The second-order valence-electron chi connectivity index (χ2n) is 4.94. The molecule has 0 aromatic carbocycles. The summed E-state index contributed by atoms with van der Waals surface area (Å²) in [7, 11) is 0. The predicted octanol–water partition coefficient (Wildman–Crippen LogP) is 5.98. The lowest BCUT2D eigenvalue weighted by Crippen LogP contribution is -2.22. The summed E-state index contributed by atoms with van der Waals surface area (Å²) in [4.78, 5) is 0. The highest BCUT2D eigenvalue weighted by molar-refractivity contribution is 14.1. The zero-order chi connectivity index (χ0) is 11.6. The fourth-order valence-electron chi connectivity index (χ4n) is 2.23. The van der Waals surface area contributed by atoms with Gasteiger partial charge in [0.15, 0.2) is 0 Å². The monoisotopic (exact) mass is 324 g/mol. The summed E-state index contributed by atoms with van der Waals surface area (Å²) in [5, 5.41) is 0. The first kappa shape index (κ1) is 15.7. The molecule has 0 unspecified atom stereocenters. The van der Waals surface area contributed by atoms with Gasteiger partial charge in [0.1, 0.15) is 0 Å². The zero-order valence-corrected chi connectivity index (χ0v) is 13.1. The summed E-state index contributed by atoms with van der Waals surface area (Å²) in [6.07, 6.45) is 12.7. The van der Waals surface area contributed by atoms with Gasteiger partial charge in [-0.1, -0.05) is 81.9 Å². The molecule has 0 saturated carbocycles. The Hall–Kier alpha value is 0.730. The Kier molecular flexibility index (Phi) is 10.4. The summed E-state index contributed by atoms with van der Waals surface area (Å²) in [5.41, 5.74) is 0.683. The quantitative estimate of drug-likeness (QED) is 0.342.